The van der Waals surface area contributed by atoms with E-state index in [9.17, 15) is 45.6 Å². The molecule has 1 aromatic heterocycles. The highest BCUT2D eigenvalue weighted by atomic mass is 16.7. The number of hydrogen-bond donors (Lipinski definition) is 8. The molecule has 2 aromatic carbocycles. The number of methoxy groups -OCH3 is 1. The first-order chi connectivity index (χ1) is 20.0. The van der Waals surface area contributed by atoms with Gasteiger partial charge in [-0.25, -0.2) is 0 Å². The summed E-state index contributed by atoms with van der Waals surface area (Å²) in [7, 11) is 1.38. The minimum atomic E-state index is -1.77. The van der Waals surface area contributed by atoms with Crippen LogP contribution in [0.15, 0.2) is 45.6 Å². The fourth-order valence-electron chi connectivity index (χ4n) is 4.78. The van der Waals surface area contributed by atoms with Crippen molar-refractivity contribution in [1.82, 2.24) is 0 Å². The second-order valence-electron chi connectivity index (χ2n) is 9.85. The molecular formula is C27H30O15. The second kappa shape index (κ2) is 12.0. The third-order valence-electron chi connectivity index (χ3n) is 7.09. The Morgan fingerprint density at radius 2 is 1.50 bits per heavy atom. The van der Waals surface area contributed by atoms with E-state index in [4.69, 9.17) is 28.1 Å². The standard InChI is InChI=1S/C27H30O15/c1-37-15-3-2-10(4-12(15)29)16-7-14(31)20-13(30)5-11(6-17(20)40-16)39-27-25(36)23(34)22(33)19(42-27)9-38-26-24(35)21(32)18(8-28)41-26/h2-7,18-19,21-30,32-36H,8-9H2,1H3/t18-,19+,21-,22+,23-,24+,25+,26+,27+/m0/s1. The Labute approximate surface area is 236 Å². The number of phenols is 2. The summed E-state index contributed by atoms with van der Waals surface area (Å²) in [5.74, 6) is -0.601. The molecule has 15 nitrogen and oxygen atoms in total. The lowest BCUT2D eigenvalue weighted by atomic mass is 9.99. The quantitative estimate of drug-likeness (QED) is 0.148. The van der Waals surface area contributed by atoms with Crippen molar-refractivity contribution < 1.29 is 69.0 Å². The summed E-state index contributed by atoms with van der Waals surface area (Å²) < 4.78 is 32.7. The van der Waals surface area contributed by atoms with Crippen LogP contribution in [0, 0.1) is 0 Å². The fourth-order valence-corrected chi connectivity index (χ4v) is 4.78. The average Bonchev–Trinajstić information content (AvgIpc) is 3.24. The highest BCUT2D eigenvalue weighted by molar-refractivity contribution is 5.86. The van der Waals surface area contributed by atoms with Crippen LogP contribution in [0.25, 0.3) is 22.3 Å². The van der Waals surface area contributed by atoms with Gasteiger partial charge >= 0.3 is 0 Å². The van der Waals surface area contributed by atoms with E-state index < -0.39 is 79.7 Å². The van der Waals surface area contributed by atoms with Gasteiger partial charge in [-0.3, -0.25) is 4.79 Å². The molecule has 3 aromatic rings. The topological polar surface area (TPSA) is 238 Å². The summed E-state index contributed by atoms with van der Waals surface area (Å²) >= 11 is 0. The number of aliphatic hydroxyl groups is 6. The minimum absolute atomic E-state index is 0.0524. The molecule has 42 heavy (non-hydrogen) atoms. The number of benzene rings is 2. The van der Waals surface area contributed by atoms with Crippen LogP contribution < -0.4 is 14.9 Å². The summed E-state index contributed by atoms with van der Waals surface area (Å²) in [6, 6.07) is 7.78. The maximum absolute atomic E-state index is 12.8. The van der Waals surface area contributed by atoms with E-state index in [-0.39, 0.29) is 34.0 Å². The SMILES string of the molecule is COc1ccc(-c2cc(=O)c3c(O)cc(O[C@@H]4O[C@H](CO[C@@H]5O[C@@H](CO)[C@H](O)[C@H]5O)[C@@H](O)[C@H](O)[C@H]4O)cc3o2)cc1O. The van der Waals surface area contributed by atoms with Crippen LogP contribution in [0.1, 0.15) is 0 Å². The van der Waals surface area contributed by atoms with E-state index in [1.165, 1.54) is 25.3 Å². The molecule has 0 saturated carbocycles. The molecule has 2 fully saturated rings. The Hall–Kier alpha value is -3.51. The van der Waals surface area contributed by atoms with Crippen molar-refractivity contribution in [3.8, 4) is 34.3 Å². The number of aliphatic hydroxyl groups excluding tert-OH is 6. The lowest BCUT2D eigenvalue weighted by Gasteiger charge is -2.40. The molecule has 8 N–H and O–H groups in total. The molecule has 2 aliphatic rings. The molecule has 2 saturated heterocycles. The van der Waals surface area contributed by atoms with Crippen molar-refractivity contribution in [2.75, 3.05) is 20.3 Å². The lowest BCUT2D eigenvalue weighted by Crippen LogP contribution is -2.60. The van der Waals surface area contributed by atoms with Gasteiger partial charge in [-0.05, 0) is 18.2 Å². The van der Waals surface area contributed by atoms with Gasteiger partial charge in [-0.1, -0.05) is 0 Å². The monoisotopic (exact) mass is 594 g/mol. The zero-order chi connectivity index (χ0) is 30.3. The molecule has 5 rings (SSSR count). The molecule has 15 heteroatoms. The minimum Gasteiger partial charge on any atom is -0.507 e. The molecule has 2 aliphatic heterocycles. The summed E-state index contributed by atoms with van der Waals surface area (Å²) in [4.78, 5) is 12.8. The molecule has 0 bridgehead atoms. The van der Waals surface area contributed by atoms with Crippen molar-refractivity contribution in [1.29, 1.82) is 0 Å². The molecular weight excluding hydrogens is 564 g/mol. The highest BCUT2D eigenvalue weighted by Crippen LogP contribution is 2.35. The van der Waals surface area contributed by atoms with Crippen molar-refractivity contribution in [3.05, 3.63) is 46.6 Å². The Morgan fingerprint density at radius 3 is 2.17 bits per heavy atom. The summed E-state index contributed by atoms with van der Waals surface area (Å²) in [6.07, 6.45) is -13.6. The number of fused-ring (bicyclic) bond motifs is 1. The largest absolute Gasteiger partial charge is 0.507 e. The first-order valence-corrected chi connectivity index (χ1v) is 12.8. The normalized spacial score (nSPS) is 31.4. The molecule has 228 valence electrons. The third-order valence-corrected chi connectivity index (χ3v) is 7.09. The zero-order valence-corrected chi connectivity index (χ0v) is 22.0. The number of ether oxygens (including phenoxy) is 5. The smallest absolute Gasteiger partial charge is 0.229 e. The first kappa shape index (κ1) is 30.0. The first-order valence-electron chi connectivity index (χ1n) is 12.8. The van der Waals surface area contributed by atoms with Crippen LogP contribution in [0.5, 0.6) is 23.0 Å². The number of phenolic OH excluding ortho intramolecular Hbond substituents is 2. The predicted molar refractivity (Wildman–Crippen MR) is 139 cm³/mol. The van der Waals surface area contributed by atoms with E-state index in [0.29, 0.717) is 5.56 Å². The fraction of sp³-hybridized carbons (Fsp3) is 0.444. The van der Waals surface area contributed by atoms with Gasteiger partial charge < -0.3 is 69.0 Å². The molecule has 0 unspecified atom stereocenters. The van der Waals surface area contributed by atoms with Crippen molar-refractivity contribution >= 4 is 11.0 Å². The van der Waals surface area contributed by atoms with Crippen LogP contribution in [-0.2, 0) is 14.2 Å². The lowest BCUT2D eigenvalue weighted by molar-refractivity contribution is -0.290. The molecule has 0 aliphatic carbocycles. The zero-order valence-electron chi connectivity index (χ0n) is 22.0. The van der Waals surface area contributed by atoms with Crippen molar-refractivity contribution in [3.63, 3.8) is 0 Å². The maximum atomic E-state index is 12.8. The molecule has 0 amide bonds. The summed E-state index contributed by atoms with van der Waals surface area (Å²) in [5.41, 5.74) is -0.378. The highest BCUT2D eigenvalue weighted by Gasteiger charge is 2.47. The maximum Gasteiger partial charge on any atom is 0.229 e. The van der Waals surface area contributed by atoms with E-state index in [1.54, 1.807) is 6.07 Å². The van der Waals surface area contributed by atoms with Gasteiger partial charge in [0.15, 0.2) is 23.2 Å². The third kappa shape index (κ3) is 5.61. The van der Waals surface area contributed by atoms with Gasteiger partial charge in [-0.2, -0.15) is 0 Å². The van der Waals surface area contributed by atoms with Crippen LogP contribution in [0.3, 0.4) is 0 Å². The number of rotatable bonds is 8. The average molecular weight is 595 g/mol. The molecule has 3 heterocycles. The van der Waals surface area contributed by atoms with Gasteiger partial charge in [0.1, 0.15) is 71.0 Å². The van der Waals surface area contributed by atoms with Gasteiger partial charge in [0.25, 0.3) is 0 Å². The summed E-state index contributed by atoms with van der Waals surface area (Å²) in [5, 5.41) is 81.0. The van der Waals surface area contributed by atoms with Crippen molar-refractivity contribution in [2.24, 2.45) is 0 Å². The van der Waals surface area contributed by atoms with Crippen molar-refractivity contribution in [2.45, 2.75) is 55.3 Å². The Bertz CT molecular complexity index is 1470. The Balaban J connectivity index is 1.36. The van der Waals surface area contributed by atoms with Gasteiger partial charge in [0, 0.05) is 23.8 Å². The Kier molecular flexibility index (Phi) is 8.56. The summed E-state index contributed by atoms with van der Waals surface area (Å²) in [6.45, 7) is -1.07. The molecule has 9 atom stereocenters. The van der Waals surface area contributed by atoms with Crippen LogP contribution >= 0.6 is 0 Å². The molecule has 0 radical (unpaired) electrons. The second-order valence-corrected chi connectivity index (χ2v) is 9.85. The van der Waals surface area contributed by atoms with E-state index in [1.807, 2.05) is 0 Å². The van der Waals surface area contributed by atoms with Crippen LogP contribution in [0.2, 0.25) is 0 Å². The van der Waals surface area contributed by atoms with E-state index in [2.05, 4.69) is 0 Å². The van der Waals surface area contributed by atoms with Gasteiger partial charge in [0.2, 0.25) is 6.29 Å². The Morgan fingerprint density at radius 1 is 0.810 bits per heavy atom. The van der Waals surface area contributed by atoms with Gasteiger partial charge in [0.05, 0.1) is 20.3 Å². The van der Waals surface area contributed by atoms with Crippen LogP contribution in [-0.4, -0.2) is 116 Å². The number of hydrogen-bond acceptors (Lipinski definition) is 15. The van der Waals surface area contributed by atoms with Crippen LogP contribution in [0.4, 0.5) is 0 Å². The van der Waals surface area contributed by atoms with E-state index in [0.717, 1.165) is 12.1 Å². The number of aromatic hydroxyl groups is 2. The predicted octanol–water partition coefficient (Wildman–Crippen LogP) is -1.48. The van der Waals surface area contributed by atoms with E-state index >= 15 is 0 Å². The van der Waals surface area contributed by atoms with Gasteiger partial charge in [-0.15, -0.1) is 0 Å². The molecule has 0 spiro atoms.